The molecule has 2 aromatic carbocycles. The van der Waals surface area contributed by atoms with Crippen LogP contribution in [0.1, 0.15) is 21.5 Å². The molecular formula is C17H13F3O. The Labute approximate surface area is 120 Å². The van der Waals surface area contributed by atoms with Gasteiger partial charge in [0.15, 0.2) is 5.78 Å². The highest BCUT2D eigenvalue weighted by Gasteiger charge is 2.35. The first-order valence-corrected chi connectivity index (χ1v) is 6.33. The zero-order chi connectivity index (χ0) is 15.5. The van der Waals surface area contributed by atoms with E-state index in [0.717, 1.165) is 5.56 Å². The van der Waals surface area contributed by atoms with E-state index in [0.29, 0.717) is 6.08 Å². The molecule has 21 heavy (non-hydrogen) atoms. The lowest BCUT2D eigenvalue weighted by atomic mass is 10.0. The van der Waals surface area contributed by atoms with Crippen LogP contribution in [0.2, 0.25) is 0 Å². The highest BCUT2D eigenvalue weighted by molar-refractivity contribution is 6.09. The van der Waals surface area contributed by atoms with E-state index in [9.17, 15) is 18.0 Å². The first-order chi connectivity index (χ1) is 9.88. The maximum atomic E-state index is 13.1. The molecule has 0 saturated carbocycles. The van der Waals surface area contributed by atoms with Crippen LogP contribution in [0.15, 0.2) is 60.7 Å². The van der Waals surface area contributed by atoms with Crippen LogP contribution in [0.4, 0.5) is 13.2 Å². The third-order valence-corrected chi connectivity index (χ3v) is 3.00. The van der Waals surface area contributed by atoms with Gasteiger partial charge < -0.3 is 0 Å². The van der Waals surface area contributed by atoms with Crippen molar-refractivity contribution < 1.29 is 18.0 Å². The summed E-state index contributed by atoms with van der Waals surface area (Å²) in [5, 5.41) is 0. The Balaban J connectivity index is 2.42. The van der Waals surface area contributed by atoms with Gasteiger partial charge in [0.25, 0.3) is 0 Å². The van der Waals surface area contributed by atoms with Crippen LogP contribution >= 0.6 is 0 Å². The maximum absolute atomic E-state index is 13.1. The highest BCUT2D eigenvalue weighted by Crippen LogP contribution is 2.34. The molecule has 2 rings (SSSR count). The van der Waals surface area contributed by atoms with Crippen molar-refractivity contribution in [1.82, 2.24) is 0 Å². The van der Waals surface area contributed by atoms with Crippen molar-refractivity contribution in [3.05, 3.63) is 77.4 Å². The number of hydrogen-bond acceptors (Lipinski definition) is 1. The van der Waals surface area contributed by atoms with Crippen LogP contribution in [0.25, 0.3) is 5.57 Å². The second-order valence-electron chi connectivity index (χ2n) is 4.65. The molecule has 0 bridgehead atoms. The summed E-state index contributed by atoms with van der Waals surface area (Å²) in [6.45, 7) is 1.84. The zero-order valence-electron chi connectivity index (χ0n) is 11.3. The summed E-state index contributed by atoms with van der Waals surface area (Å²) in [7, 11) is 0. The van der Waals surface area contributed by atoms with Gasteiger partial charge in [-0.05, 0) is 18.6 Å². The van der Waals surface area contributed by atoms with E-state index >= 15 is 0 Å². The van der Waals surface area contributed by atoms with Crippen molar-refractivity contribution in [2.24, 2.45) is 0 Å². The monoisotopic (exact) mass is 290 g/mol. The van der Waals surface area contributed by atoms with E-state index in [-0.39, 0.29) is 11.1 Å². The maximum Gasteiger partial charge on any atom is 0.417 e. The molecule has 0 N–H and O–H groups in total. The third-order valence-electron chi connectivity index (χ3n) is 3.00. The van der Waals surface area contributed by atoms with Gasteiger partial charge in [-0.1, -0.05) is 60.2 Å². The summed E-state index contributed by atoms with van der Waals surface area (Å²) in [6, 6.07) is 13.7. The molecule has 1 nitrogen and oxygen atoms in total. The van der Waals surface area contributed by atoms with Gasteiger partial charge in [-0.3, -0.25) is 4.79 Å². The Morgan fingerprint density at radius 3 is 2.00 bits per heavy atom. The van der Waals surface area contributed by atoms with E-state index < -0.39 is 17.5 Å². The van der Waals surface area contributed by atoms with Gasteiger partial charge in [-0.15, -0.1) is 0 Å². The Bertz CT molecular complexity index is 653. The quantitative estimate of drug-likeness (QED) is 0.585. The average Bonchev–Trinajstić information content (AvgIpc) is 2.45. The number of benzene rings is 2. The molecule has 0 aliphatic heterocycles. The molecule has 108 valence electrons. The standard InChI is InChI=1S/C17H13F3O/c1-12-7-9-14(10-8-12)16(21)11-15(17(18,19)20)13-5-3-2-4-6-13/h2-11H,1H3/b15-11-. The Morgan fingerprint density at radius 1 is 0.905 bits per heavy atom. The van der Waals surface area contributed by atoms with Crippen molar-refractivity contribution in [2.75, 3.05) is 0 Å². The lowest BCUT2D eigenvalue weighted by molar-refractivity contribution is -0.0689. The van der Waals surface area contributed by atoms with Crippen LogP contribution < -0.4 is 0 Å². The fraction of sp³-hybridized carbons (Fsp3) is 0.118. The molecule has 4 heteroatoms. The van der Waals surface area contributed by atoms with Gasteiger partial charge in [-0.25, -0.2) is 0 Å². The second-order valence-corrected chi connectivity index (χ2v) is 4.65. The minimum Gasteiger partial charge on any atom is -0.289 e. The summed E-state index contributed by atoms with van der Waals surface area (Å²) in [4.78, 5) is 12.0. The van der Waals surface area contributed by atoms with Crippen molar-refractivity contribution in [1.29, 1.82) is 0 Å². The Hall–Kier alpha value is -2.36. The number of allylic oxidation sites excluding steroid dienone is 2. The second kappa shape index (κ2) is 5.95. The van der Waals surface area contributed by atoms with Crippen LogP contribution in [-0.2, 0) is 0 Å². The number of alkyl halides is 3. The predicted octanol–water partition coefficient (Wildman–Crippen LogP) is 4.82. The molecule has 0 aliphatic carbocycles. The van der Waals surface area contributed by atoms with E-state index in [1.807, 2.05) is 6.92 Å². The minimum absolute atomic E-state index is 0.0227. The van der Waals surface area contributed by atoms with E-state index in [1.54, 1.807) is 18.2 Å². The van der Waals surface area contributed by atoms with Gasteiger partial charge in [0, 0.05) is 5.56 Å². The van der Waals surface area contributed by atoms with Gasteiger partial charge in [0.2, 0.25) is 0 Å². The molecule has 0 unspecified atom stereocenters. The first-order valence-electron chi connectivity index (χ1n) is 6.33. The fourth-order valence-corrected chi connectivity index (χ4v) is 1.88. The third kappa shape index (κ3) is 3.81. The van der Waals surface area contributed by atoms with Crippen LogP contribution in [0, 0.1) is 6.92 Å². The highest BCUT2D eigenvalue weighted by atomic mass is 19.4. The number of halogens is 3. The molecule has 0 saturated heterocycles. The summed E-state index contributed by atoms with van der Waals surface area (Å²) in [5.74, 6) is -0.661. The predicted molar refractivity (Wildman–Crippen MR) is 76.0 cm³/mol. The largest absolute Gasteiger partial charge is 0.417 e. The molecule has 2 aromatic rings. The number of hydrogen-bond donors (Lipinski definition) is 0. The number of aryl methyl sites for hydroxylation is 1. The molecular weight excluding hydrogens is 277 g/mol. The van der Waals surface area contributed by atoms with E-state index in [2.05, 4.69) is 0 Å². The molecule has 0 amide bonds. The van der Waals surface area contributed by atoms with E-state index in [4.69, 9.17) is 0 Å². The molecule has 0 atom stereocenters. The first kappa shape index (κ1) is 15.0. The van der Waals surface area contributed by atoms with Gasteiger partial charge >= 0.3 is 6.18 Å². The van der Waals surface area contributed by atoms with Gasteiger partial charge in [0.1, 0.15) is 0 Å². The molecule has 0 fully saturated rings. The summed E-state index contributed by atoms with van der Waals surface area (Å²) in [5.41, 5.74) is 0.215. The summed E-state index contributed by atoms with van der Waals surface area (Å²) in [6.07, 6.45) is -3.93. The Kier molecular flexibility index (Phi) is 4.26. The normalized spacial score (nSPS) is 12.3. The summed E-state index contributed by atoms with van der Waals surface area (Å²) < 4.78 is 39.4. The number of carbonyl (C=O) groups is 1. The lowest BCUT2D eigenvalue weighted by Crippen LogP contribution is -2.12. The van der Waals surface area contributed by atoms with Crippen LogP contribution in [0.3, 0.4) is 0 Å². The minimum atomic E-state index is -4.58. The summed E-state index contributed by atoms with van der Waals surface area (Å²) >= 11 is 0. The zero-order valence-corrected chi connectivity index (χ0v) is 11.3. The van der Waals surface area contributed by atoms with Gasteiger partial charge in [0.05, 0.1) is 5.57 Å². The molecule has 0 aliphatic rings. The molecule has 0 spiro atoms. The lowest BCUT2D eigenvalue weighted by Gasteiger charge is -2.11. The fourth-order valence-electron chi connectivity index (χ4n) is 1.88. The van der Waals surface area contributed by atoms with Crippen LogP contribution in [-0.4, -0.2) is 12.0 Å². The van der Waals surface area contributed by atoms with Crippen molar-refractivity contribution in [2.45, 2.75) is 13.1 Å². The van der Waals surface area contributed by atoms with E-state index in [1.165, 1.54) is 36.4 Å². The van der Waals surface area contributed by atoms with Gasteiger partial charge in [-0.2, -0.15) is 13.2 Å². The smallest absolute Gasteiger partial charge is 0.289 e. The average molecular weight is 290 g/mol. The molecule has 0 heterocycles. The topological polar surface area (TPSA) is 17.1 Å². The van der Waals surface area contributed by atoms with Crippen LogP contribution in [0.5, 0.6) is 0 Å². The number of carbonyl (C=O) groups excluding carboxylic acids is 1. The SMILES string of the molecule is Cc1ccc(C(=O)/C=C(/c2ccccc2)C(F)(F)F)cc1. The number of ketones is 1. The van der Waals surface area contributed by atoms with Crippen molar-refractivity contribution in [3.8, 4) is 0 Å². The Morgan fingerprint density at radius 2 is 1.48 bits per heavy atom. The van der Waals surface area contributed by atoms with Crippen molar-refractivity contribution >= 4 is 11.4 Å². The number of rotatable bonds is 3. The van der Waals surface area contributed by atoms with Crippen molar-refractivity contribution in [3.63, 3.8) is 0 Å². The molecule has 0 radical (unpaired) electrons. The molecule has 0 aromatic heterocycles.